The number of halogens is 1. The quantitative estimate of drug-likeness (QED) is 0.503. The van der Waals surface area contributed by atoms with E-state index in [1.807, 2.05) is 54.6 Å². The fourth-order valence-electron chi connectivity index (χ4n) is 2.18. The van der Waals surface area contributed by atoms with Crippen molar-refractivity contribution >= 4 is 39.5 Å². The number of benzene rings is 2. The number of aromatic nitrogens is 2. The van der Waals surface area contributed by atoms with E-state index in [4.69, 9.17) is 4.74 Å². The molecule has 0 fully saturated rings. The van der Waals surface area contributed by atoms with Crippen LogP contribution in [0.2, 0.25) is 0 Å². The zero-order chi connectivity index (χ0) is 14.7. The molecule has 0 saturated carbocycles. The van der Waals surface area contributed by atoms with E-state index >= 15 is 0 Å². The van der Waals surface area contributed by atoms with Crippen LogP contribution in [0.4, 0.5) is 0 Å². The number of rotatable bonds is 4. The predicted molar refractivity (Wildman–Crippen MR) is 90.0 cm³/mol. The minimum Gasteiger partial charge on any atom is -0.486 e. The summed E-state index contributed by atoms with van der Waals surface area (Å²) in [5, 5.41) is 0. The molecule has 5 heteroatoms. The van der Waals surface area contributed by atoms with Crippen LogP contribution in [-0.2, 0) is 6.61 Å². The Morgan fingerprint density at radius 3 is 2.57 bits per heavy atom. The molecule has 1 heterocycles. The second kappa shape index (κ2) is 6.26. The van der Waals surface area contributed by atoms with Gasteiger partial charge in [0, 0.05) is 0 Å². The molecule has 1 aromatic heterocycles. The Morgan fingerprint density at radius 1 is 1.10 bits per heavy atom. The standard InChI is InChI=1S/C16H13IN2O2/c17-10-16(20)19-14-9-5-4-8-13(14)18-15(19)11-21-12-6-2-1-3-7-12/h1-9H,10-11H2. The molecular formula is C16H13IN2O2. The van der Waals surface area contributed by atoms with Gasteiger partial charge in [0.25, 0.3) is 0 Å². The van der Waals surface area contributed by atoms with E-state index < -0.39 is 0 Å². The Bertz CT molecular complexity index is 768. The molecular weight excluding hydrogens is 379 g/mol. The molecule has 106 valence electrons. The molecule has 0 unspecified atom stereocenters. The van der Waals surface area contributed by atoms with Gasteiger partial charge in [-0.2, -0.15) is 0 Å². The van der Waals surface area contributed by atoms with Crippen molar-refractivity contribution < 1.29 is 9.53 Å². The number of hydrogen-bond donors (Lipinski definition) is 0. The van der Waals surface area contributed by atoms with Gasteiger partial charge < -0.3 is 4.74 Å². The lowest BCUT2D eigenvalue weighted by Gasteiger charge is -2.08. The Hall–Kier alpha value is -1.89. The van der Waals surface area contributed by atoms with Crippen molar-refractivity contribution in [2.24, 2.45) is 0 Å². The summed E-state index contributed by atoms with van der Waals surface area (Å²) in [6.45, 7) is 0.265. The molecule has 21 heavy (non-hydrogen) atoms. The Labute approximate surface area is 135 Å². The maximum Gasteiger partial charge on any atom is 0.242 e. The van der Waals surface area contributed by atoms with Crippen molar-refractivity contribution in [1.29, 1.82) is 0 Å². The van der Waals surface area contributed by atoms with Gasteiger partial charge in [0.05, 0.1) is 15.5 Å². The number of carbonyl (C=O) groups is 1. The van der Waals surface area contributed by atoms with E-state index in [0.29, 0.717) is 10.3 Å². The summed E-state index contributed by atoms with van der Waals surface area (Å²) in [4.78, 5) is 16.7. The van der Waals surface area contributed by atoms with Gasteiger partial charge in [0.2, 0.25) is 5.91 Å². The highest BCUT2D eigenvalue weighted by Gasteiger charge is 2.16. The summed E-state index contributed by atoms with van der Waals surface area (Å²) in [5.41, 5.74) is 1.63. The van der Waals surface area contributed by atoms with Crippen LogP contribution < -0.4 is 4.74 Å². The van der Waals surface area contributed by atoms with Crippen molar-refractivity contribution in [3.63, 3.8) is 0 Å². The fraction of sp³-hybridized carbons (Fsp3) is 0.125. The average molecular weight is 392 g/mol. The van der Waals surface area contributed by atoms with Gasteiger partial charge in [-0.3, -0.25) is 9.36 Å². The molecule has 2 aromatic carbocycles. The second-order valence-electron chi connectivity index (χ2n) is 4.48. The van der Waals surface area contributed by atoms with Crippen LogP contribution in [0.1, 0.15) is 10.6 Å². The number of fused-ring (bicyclic) bond motifs is 1. The number of hydrogen-bond acceptors (Lipinski definition) is 3. The summed E-state index contributed by atoms with van der Waals surface area (Å²) in [6, 6.07) is 17.1. The highest BCUT2D eigenvalue weighted by atomic mass is 127. The number of carbonyl (C=O) groups excluding carboxylic acids is 1. The van der Waals surface area contributed by atoms with Gasteiger partial charge in [-0.15, -0.1) is 0 Å². The lowest BCUT2D eigenvalue weighted by atomic mass is 10.3. The maximum atomic E-state index is 12.2. The smallest absolute Gasteiger partial charge is 0.242 e. The molecule has 0 aliphatic heterocycles. The lowest BCUT2D eigenvalue weighted by molar-refractivity contribution is 0.0941. The molecule has 0 saturated heterocycles. The Kier molecular flexibility index (Phi) is 4.19. The maximum absolute atomic E-state index is 12.2. The van der Waals surface area contributed by atoms with Crippen molar-refractivity contribution in [2.45, 2.75) is 6.61 Å². The van der Waals surface area contributed by atoms with E-state index in [1.165, 1.54) is 0 Å². The van der Waals surface area contributed by atoms with E-state index in [2.05, 4.69) is 27.6 Å². The van der Waals surface area contributed by atoms with Gasteiger partial charge in [-0.25, -0.2) is 4.98 Å². The highest BCUT2D eigenvalue weighted by Crippen LogP contribution is 2.18. The Morgan fingerprint density at radius 2 is 1.81 bits per heavy atom. The third kappa shape index (κ3) is 2.92. The van der Waals surface area contributed by atoms with Gasteiger partial charge in [-0.1, -0.05) is 52.9 Å². The van der Waals surface area contributed by atoms with Crippen molar-refractivity contribution in [2.75, 3.05) is 4.43 Å². The minimum atomic E-state index is 0.0101. The molecule has 0 amide bonds. The highest BCUT2D eigenvalue weighted by molar-refractivity contribution is 14.1. The average Bonchev–Trinajstić information content (AvgIpc) is 2.91. The van der Waals surface area contributed by atoms with Crippen LogP contribution in [0.25, 0.3) is 11.0 Å². The minimum absolute atomic E-state index is 0.0101. The summed E-state index contributed by atoms with van der Waals surface area (Å²) in [7, 11) is 0. The van der Waals surface area contributed by atoms with E-state index in [9.17, 15) is 4.79 Å². The zero-order valence-electron chi connectivity index (χ0n) is 11.2. The largest absolute Gasteiger partial charge is 0.486 e. The summed E-state index contributed by atoms with van der Waals surface area (Å²) >= 11 is 2.06. The first kappa shape index (κ1) is 14.1. The van der Waals surface area contributed by atoms with Crippen LogP contribution in [0.15, 0.2) is 54.6 Å². The number of nitrogens with zero attached hydrogens (tertiary/aromatic N) is 2. The first-order valence-corrected chi connectivity index (χ1v) is 8.05. The van der Waals surface area contributed by atoms with Crippen LogP contribution in [-0.4, -0.2) is 19.9 Å². The van der Waals surface area contributed by atoms with Crippen LogP contribution in [0.5, 0.6) is 5.75 Å². The zero-order valence-corrected chi connectivity index (χ0v) is 13.4. The summed E-state index contributed by atoms with van der Waals surface area (Å²) in [5.74, 6) is 1.40. The number of alkyl halides is 1. The van der Waals surface area contributed by atoms with Crippen molar-refractivity contribution in [1.82, 2.24) is 9.55 Å². The Balaban J connectivity index is 1.95. The molecule has 3 aromatic rings. The van der Waals surface area contributed by atoms with Crippen LogP contribution in [0.3, 0.4) is 0 Å². The van der Waals surface area contributed by atoms with Crippen molar-refractivity contribution in [3.05, 3.63) is 60.4 Å². The van der Waals surface area contributed by atoms with Gasteiger partial charge in [-0.05, 0) is 24.3 Å². The first-order chi connectivity index (χ1) is 10.3. The number of ether oxygens (including phenoxy) is 1. The molecule has 0 aliphatic carbocycles. The fourth-order valence-corrected chi connectivity index (χ4v) is 2.52. The molecule has 0 radical (unpaired) electrons. The molecule has 0 N–H and O–H groups in total. The number of para-hydroxylation sites is 3. The lowest BCUT2D eigenvalue weighted by Crippen LogP contribution is -2.16. The van der Waals surface area contributed by atoms with E-state index in [0.717, 1.165) is 16.8 Å². The SMILES string of the molecule is O=C(CI)n1c(COc2ccccc2)nc2ccccc21. The topological polar surface area (TPSA) is 44.1 Å². The third-order valence-electron chi connectivity index (χ3n) is 3.11. The van der Waals surface area contributed by atoms with Crippen LogP contribution >= 0.6 is 22.6 Å². The van der Waals surface area contributed by atoms with E-state index in [1.54, 1.807) is 4.57 Å². The van der Waals surface area contributed by atoms with E-state index in [-0.39, 0.29) is 12.5 Å². The normalized spacial score (nSPS) is 10.7. The molecule has 0 aliphatic rings. The third-order valence-corrected chi connectivity index (χ3v) is 3.76. The first-order valence-electron chi connectivity index (χ1n) is 6.53. The van der Waals surface area contributed by atoms with Crippen LogP contribution in [0, 0.1) is 0 Å². The summed E-state index contributed by atoms with van der Waals surface area (Å²) < 4.78 is 7.76. The van der Waals surface area contributed by atoms with Gasteiger partial charge >= 0.3 is 0 Å². The summed E-state index contributed by atoms with van der Waals surface area (Å²) in [6.07, 6.45) is 0. The van der Waals surface area contributed by atoms with Gasteiger partial charge in [0.1, 0.15) is 12.4 Å². The molecule has 0 atom stereocenters. The predicted octanol–water partition coefficient (Wildman–Crippen LogP) is 3.69. The molecule has 0 bridgehead atoms. The molecule has 3 rings (SSSR count). The van der Waals surface area contributed by atoms with Gasteiger partial charge in [0.15, 0.2) is 5.82 Å². The van der Waals surface area contributed by atoms with Crippen molar-refractivity contribution in [3.8, 4) is 5.75 Å². The monoisotopic (exact) mass is 392 g/mol. The molecule has 0 spiro atoms. The molecule has 4 nitrogen and oxygen atoms in total. The number of imidazole rings is 1. The second-order valence-corrected chi connectivity index (χ2v) is 5.24.